The van der Waals surface area contributed by atoms with E-state index in [1.165, 1.54) is 77.6 Å². The summed E-state index contributed by atoms with van der Waals surface area (Å²) in [7, 11) is 0. The van der Waals surface area contributed by atoms with Crippen LogP contribution in [0.4, 0.5) is 28.4 Å². The van der Waals surface area contributed by atoms with Gasteiger partial charge in [-0.1, -0.05) is 177 Å². The van der Waals surface area contributed by atoms with E-state index < -0.39 is 0 Å². The molecule has 0 amide bonds. The lowest BCUT2D eigenvalue weighted by molar-refractivity contribution is 0.659. The molecule has 9 aromatic rings. The van der Waals surface area contributed by atoms with Gasteiger partial charge in [-0.25, -0.2) is 0 Å². The van der Waals surface area contributed by atoms with E-state index in [1.807, 2.05) is 12.2 Å². The molecule has 4 unspecified atom stereocenters. The standard InChI is InChI=1S/C63H46N2/c1-3-40-27-31-44(32-28-40)64(58-25-13-17-42-15-5-7-19-47(42)58)46-35-36-50-49-21-9-10-22-51(49)63-57-39-60(54-38-56(54)61(57)52-23-11-12-24-53(52)62(63)55(50)37-46)65(45-33-29-41(4-2)30-34-45)59-26-14-18-43-16-6-8-20-48(43)59/h3-37,39,54,56,62-63H,1-2,38H2. The zero-order valence-electron chi connectivity index (χ0n) is 36.1. The molecule has 0 radical (unpaired) electrons. The zero-order valence-corrected chi connectivity index (χ0v) is 36.1. The highest BCUT2D eigenvalue weighted by molar-refractivity contribution is 6.01. The molecule has 4 aliphatic carbocycles. The van der Waals surface area contributed by atoms with Crippen molar-refractivity contribution in [3.05, 3.63) is 264 Å². The molecule has 0 saturated heterocycles. The Bertz CT molecular complexity index is 3470. The molecule has 2 nitrogen and oxygen atoms in total. The van der Waals surface area contributed by atoms with Gasteiger partial charge in [-0.2, -0.15) is 0 Å². The number of hydrogen-bond acceptors (Lipinski definition) is 2. The van der Waals surface area contributed by atoms with Crippen molar-refractivity contribution in [1.82, 2.24) is 0 Å². The largest absolute Gasteiger partial charge is 0.313 e. The van der Waals surface area contributed by atoms with Gasteiger partial charge in [0.25, 0.3) is 0 Å². The van der Waals surface area contributed by atoms with Gasteiger partial charge >= 0.3 is 0 Å². The lowest BCUT2D eigenvalue weighted by atomic mass is 9.60. The predicted octanol–water partition coefficient (Wildman–Crippen LogP) is 16.8. The number of nitrogens with zero attached hydrogens (tertiary/aromatic N) is 2. The van der Waals surface area contributed by atoms with Crippen LogP contribution in [0.3, 0.4) is 0 Å². The van der Waals surface area contributed by atoms with Gasteiger partial charge in [-0.15, -0.1) is 0 Å². The number of allylic oxidation sites excluding steroid dienone is 4. The molecule has 1 fully saturated rings. The minimum absolute atomic E-state index is 0.109. The fraction of sp³-hybridized carbons (Fsp3) is 0.0794. The van der Waals surface area contributed by atoms with Crippen molar-refractivity contribution >= 4 is 67.7 Å². The molecule has 9 aromatic carbocycles. The Morgan fingerprint density at radius 2 is 0.923 bits per heavy atom. The maximum absolute atomic E-state index is 4.08. The molecular weight excluding hydrogens is 785 g/mol. The third-order valence-corrected chi connectivity index (χ3v) is 14.7. The predicted molar refractivity (Wildman–Crippen MR) is 274 cm³/mol. The molecule has 308 valence electrons. The number of benzene rings is 9. The fourth-order valence-electron chi connectivity index (χ4n) is 11.7. The summed E-state index contributed by atoms with van der Waals surface area (Å²) in [4.78, 5) is 5.04. The van der Waals surface area contributed by atoms with Crippen LogP contribution in [0.25, 0.3) is 50.4 Å². The summed E-state index contributed by atoms with van der Waals surface area (Å²) >= 11 is 0. The molecule has 0 spiro atoms. The van der Waals surface area contributed by atoms with E-state index in [0.717, 1.165) is 34.6 Å². The molecule has 65 heavy (non-hydrogen) atoms. The Hall–Kier alpha value is -7.94. The average Bonchev–Trinajstić information content (AvgIpc) is 4.18. The molecule has 13 rings (SSSR count). The first-order valence-electron chi connectivity index (χ1n) is 23.0. The molecule has 0 N–H and O–H groups in total. The van der Waals surface area contributed by atoms with Crippen LogP contribution in [0.2, 0.25) is 0 Å². The summed E-state index contributed by atoms with van der Waals surface area (Å²) in [6.45, 7) is 8.13. The van der Waals surface area contributed by atoms with Gasteiger partial charge in [0.1, 0.15) is 0 Å². The average molecular weight is 831 g/mol. The van der Waals surface area contributed by atoms with E-state index in [0.29, 0.717) is 11.8 Å². The summed E-state index contributed by atoms with van der Waals surface area (Å²) in [6.07, 6.45) is 7.62. The second-order valence-corrected chi connectivity index (χ2v) is 18.0. The highest BCUT2D eigenvalue weighted by Gasteiger charge is 2.53. The first-order valence-corrected chi connectivity index (χ1v) is 23.0. The highest BCUT2D eigenvalue weighted by atomic mass is 15.2. The second kappa shape index (κ2) is 14.8. The van der Waals surface area contributed by atoms with Gasteiger partial charge in [0.05, 0.1) is 11.4 Å². The minimum Gasteiger partial charge on any atom is -0.313 e. The normalized spacial score (nSPS) is 18.6. The molecule has 2 heteroatoms. The molecular formula is C63H46N2. The monoisotopic (exact) mass is 830 g/mol. The van der Waals surface area contributed by atoms with Crippen molar-refractivity contribution in [2.75, 3.05) is 9.80 Å². The lowest BCUT2D eigenvalue weighted by Gasteiger charge is -2.44. The Labute approximate surface area is 381 Å². The Balaban J connectivity index is 1.04. The van der Waals surface area contributed by atoms with E-state index in [-0.39, 0.29) is 11.8 Å². The Kier molecular flexibility index (Phi) is 8.58. The fourth-order valence-corrected chi connectivity index (χ4v) is 11.7. The van der Waals surface area contributed by atoms with E-state index in [1.54, 1.807) is 5.57 Å². The second-order valence-electron chi connectivity index (χ2n) is 18.0. The third kappa shape index (κ3) is 5.87. The van der Waals surface area contributed by atoms with Crippen LogP contribution >= 0.6 is 0 Å². The molecule has 0 heterocycles. The van der Waals surface area contributed by atoms with Gasteiger partial charge in [-0.3, -0.25) is 0 Å². The minimum atomic E-state index is 0.109. The van der Waals surface area contributed by atoms with Crippen LogP contribution < -0.4 is 9.80 Å². The van der Waals surface area contributed by atoms with Crippen LogP contribution in [0, 0.1) is 11.8 Å². The topological polar surface area (TPSA) is 6.48 Å². The molecule has 0 aliphatic heterocycles. The molecule has 0 bridgehead atoms. The van der Waals surface area contributed by atoms with Crippen LogP contribution in [-0.2, 0) is 0 Å². The van der Waals surface area contributed by atoms with Gasteiger partial charge in [0.15, 0.2) is 0 Å². The Morgan fingerprint density at radius 3 is 1.57 bits per heavy atom. The third-order valence-electron chi connectivity index (χ3n) is 14.7. The summed E-state index contributed by atoms with van der Waals surface area (Å²) in [5.74, 6) is 1.09. The summed E-state index contributed by atoms with van der Waals surface area (Å²) in [5, 5.41) is 4.94. The first-order chi connectivity index (χ1) is 32.2. The van der Waals surface area contributed by atoms with Gasteiger partial charge in [0, 0.05) is 51.3 Å². The van der Waals surface area contributed by atoms with E-state index in [9.17, 15) is 0 Å². The number of anilines is 5. The zero-order chi connectivity index (χ0) is 43.2. The first kappa shape index (κ1) is 37.6. The van der Waals surface area contributed by atoms with Crippen LogP contribution in [0.1, 0.15) is 51.6 Å². The van der Waals surface area contributed by atoms with Gasteiger partial charge < -0.3 is 9.80 Å². The number of hydrogen-bond donors (Lipinski definition) is 0. The maximum atomic E-state index is 4.08. The van der Waals surface area contributed by atoms with E-state index in [4.69, 9.17) is 0 Å². The van der Waals surface area contributed by atoms with Crippen molar-refractivity contribution in [3.63, 3.8) is 0 Å². The SMILES string of the molecule is C=Cc1ccc(N(C2=CC3=C(c4ccccc4C4c5cc(N(c6ccc(C=C)cc6)c6cccc7ccccc67)ccc5-c5ccccc5C34)C3CC23)c2cccc3ccccc23)cc1. The van der Waals surface area contributed by atoms with E-state index >= 15 is 0 Å². The molecule has 1 saturated carbocycles. The van der Waals surface area contributed by atoms with Crippen molar-refractivity contribution in [3.8, 4) is 11.1 Å². The van der Waals surface area contributed by atoms with Crippen LogP contribution in [-0.4, -0.2) is 0 Å². The number of rotatable bonds is 8. The lowest BCUT2D eigenvalue weighted by Crippen LogP contribution is -2.29. The summed E-state index contributed by atoms with van der Waals surface area (Å²) < 4.78 is 0. The summed E-state index contributed by atoms with van der Waals surface area (Å²) in [5.41, 5.74) is 20.7. The van der Waals surface area contributed by atoms with Gasteiger partial charge in [0.2, 0.25) is 0 Å². The van der Waals surface area contributed by atoms with Crippen LogP contribution in [0.15, 0.2) is 231 Å². The molecule has 4 atom stereocenters. The van der Waals surface area contributed by atoms with Crippen LogP contribution in [0.5, 0.6) is 0 Å². The van der Waals surface area contributed by atoms with Crippen molar-refractivity contribution in [1.29, 1.82) is 0 Å². The Morgan fingerprint density at radius 1 is 0.415 bits per heavy atom. The summed E-state index contributed by atoms with van der Waals surface area (Å²) in [6, 6.07) is 74.6. The number of fused-ring (bicyclic) bond motifs is 14. The molecule has 0 aromatic heterocycles. The van der Waals surface area contributed by atoms with Crippen molar-refractivity contribution < 1.29 is 0 Å². The van der Waals surface area contributed by atoms with Gasteiger partial charge in [-0.05, 0) is 133 Å². The highest BCUT2D eigenvalue weighted by Crippen LogP contribution is 2.67. The van der Waals surface area contributed by atoms with Crippen molar-refractivity contribution in [2.24, 2.45) is 11.8 Å². The van der Waals surface area contributed by atoms with E-state index in [2.05, 4.69) is 229 Å². The smallest absolute Gasteiger partial charge is 0.0540 e. The van der Waals surface area contributed by atoms with Crippen molar-refractivity contribution in [2.45, 2.75) is 18.3 Å². The molecule has 4 aliphatic rings. The quantitative estimate of drug-likeness (QED) is 0.151. The maximum Gasteiger partial charge on any atom is 0.0540 e.